The van der Waals surface area contributed by atoms with E-state index in [-0.39, 0.29) is 28.8 Å². The van der Waals surface area contributed by atoms with Gasteiger partial charge in [0, 0.05) is 25.1 Å². The lowest BCUT2D eigenvalue weighted by Crippen LogP contribution is -2.50. The van der Waals surface area contributed by atoms with Crippen LogP contribution in [0.25, 0.3) is 0 Å². The number of anilines is 1. The number of ether oxygens (including phenoxy) is 1. The molecule has 8 nitrogen and oxygen atoms in total. The highest BCUT2D eigenvalue weighted by molar-refractivity contribution is 9.10. The second-order valence-corrected chi connectivity index (χ2v) is 10.8. The zero-order valence-corrected chi connectivity index (χ0v) is 20.5. The van der Waals surface area contributed by atoms with E-state index in [1.54, 1.807) is 33.2 Å². The predicted molar refractivity (Wildman–Crippen MR) is 124 cm³/mol. The number of nitrogens with zero attached hydrogens (tertiary/aromatic N) is 2. The van der Waals surface area contributed by atoms with Crippen molar-refractivity contribution in [3.05, 3.63) is 70.0 Å². The summed E-state index contributed by atoms with van der Waals surface area (Å²) in [5.41, 5.74) is 0.660. The highest BCUT2D eigenvalue weighted by atomic mass is 79.9. The molecule has 1 aliphatic rings. The van der Waals surface area contributed by atoms with Crippen molar-refractivity contribution in [2.75, 3.05) is 11.9 Å². The minimum Gasteiger partial charge on any atom is -0.488 e. The quantitative estimate of drug-likeness (QED) is 0.496. The van der Waals surface area contributed by atoms with Gasteiger partial charge >= 0.3 is 0 Å². The van der Waals surface area contributed by atoms with Gasteiger partial charge in [-0.15, -0.1) is 0 Å². The highest BCUT2D eigenvalue weighted by Crippen LogP contribution is 2.35. The molecule has 3 heterocycles. The van der Waals surface area contributed by atoms with E-state index in [9.17, 15) is 17.6 Å². The van der Waals surface area contributed by atoms with Crippen LogP contribution in [0.1, 0.15) is 28.5 Å². The number of fused-ring (bicyclic) bond motifs is 1. The molecule has 33 heavy (non-hydrogen) atoms. The summed E-state index contributed by atoms with van der Waals surface area (Å²) in [5, 5.41) is 2.68. The number of carbonyl (C=O) groups is 1. The van der Waals surface area contributed by atoms with Gasteiger partial charge in [-0.05, 0) is 71.6 Å². The Balaban J connectivity index is 1.64. The van der Waals surface area contributed by atoms with Crippen LogP contribution in [0.5, 0.6) is 5.75 Å². The summed E-state index contributed by atoms with van der Waals surface area (Å²) in [6.45, 7) is 3.32. The van der Waals surface area contributed by atoms with Crippen molar-refractivity contribution < 1.29 is 22.3 Å². The molecule has 1 atom stereocenters. The summed E-state index contributed by atoms with van der Waals surface area (Å²) in [6, 6.07) is 7.81. The van der Waals surface area contributed by atoms with E-state index in [1.165, 1.54) is 29.0 Å². The van der Waals surface area contributed by atoms with Gasteiger partial charge in [0.1, 0.15) is 21.9 Å². The molecule has 0 saturated heterocycles. The minimum atomic E-state index is -3.99. The summed E-state index contributed by atoms with van der Waals surface area (Å²) in [5.74, 6) is -0.985. The molecule has 1 unspecified atom stereocenters. The van der Waals surface area contributed by atoms with Gasteiger partial charge < -0.3 is 14.6 Å². The first-order valence-electron chi connectivity index (χ1n) is 10.0. The van der Waals surface area contributed by atoms with Crippen molar-refractivity contribution in [2.24, 2.45) is 7.05 Å². The Morgan fingerprint density at radius 2 is 2.12 bits per heavy atom. The van der Waals surface area contributed by atoms with E-state index in [4.69, 9.17) is 4.74 Å². The van der Waals surface area contributed by atoms with Crippen LogP contribution in [-0.2, 0) is 23.5 Å². The molecule has 1 aliphatic heterocycles. The number of hydrogen-bond acceptors (Lipinski definition) is 5. The van der Waals surface area contributed by atoms with E-state index >= 15 is 0 Å². The lowest BCUT2D eigenvalue weighted by atomic mass is 9.96. The lowest BCUT2D eigenvalue weighted by Gasteiger charge is -2.28. The molecule has 0 radical (unpaired) electrons. The average molecular weight is 537 g/mol. The predicted octanol–water partition coefficient (Wildman–Crippen LogP) is 3.55. The van der Waals surface area contributed by atoms with Crippen LogP contribution in [0.3, 0.4) is 0 Å². The Labute approximate surface area is 199 Å². The molecular weight excluding hydrogens is 515 g/mol. The molecule has 0 bridgehead atoms. The van der Waals surface area contributed by atoms with Crippen LogP contribution in [0.2, 0.25) is 0 Å². The Bertz CT molecular complexity index is 1340. The minimum absolute atomic E-state index is 0.00472. The Hall–Kier alpha value is -2.76. The summed E-state index contributed by atoms with van der Waals surface area (Å²) >= 11 is 3.28. The number of amides is 1. The van der Waals surface area contributed by atoms with Crippen LogP contribution in [0.4, 0.5) is 10.1 Å². The Morgan fingerprint density at radius 1 is 1.36 bits per heavy atom. The number of nitrogens with one attached hydrogen (secondary N) is 2. The fourth-order valence-electron chi connectivity index (χ4n) is 3.77. The maximum Gasteiger partial charge on any atom is 0.276 e. The van der Waals surface area contributed by atoms with Gasteiger partial charge in [-0.1, -0.05) is 6.07 Å². The average Bonchev–Trinajstić information content (AvgIpc) is 3.03. The molecule has 174 valence electrons. The molecular formula is C22H22BrFN4O4S. The Kier molecular flexibility index (Phi) is 6.06. The zero-order chi connectivity index (χ0) is 24.0. The van der Waals surface area contributed by atoms with E-state index < -0.39 is 21.5 Å². The number of sulfonamides is 1. The van der Waals surface area contributed by atoms with Crippen LogP contribution >= 0.6 is 15.9 Å². The normalized spacial score (nSPS) is 19.3. The van der Waals surface area contributed by atoms with Crippen molar-refractivity contribution in [1.82, 2.24) is 14.3 Å². The van der Waals surface area contributed by atoms with Crippen molar-refractivity contribution >= 4 is 37.5 Å². The van der Waals surface area contributed by atoms with Crippen molar-refractivity contribution in [3.63, 3.8) is 0 Å². The molecule has 11 heteroatoms. The fraction of sp³-hybridized carbons (Fsp3) is 0.273. The van der Waals surface area contributed by atoms with Crippen LogP contribution in [0.15, 0.2) is 52.2 Å². The number of aryl methyl sites for hydroxylation is 2. The maximum atomic E-state index is 13.6. The van der Waals surface area contributed by atoms with Gasteiger partial charge in [0.15, 0.2) is 11.4 Å². The second-order valence-electron chi connectivity index (χ2n) is 8.32. The number of aromatic nitrogens is 2. The third-order valence-electron chi connectivity index (χ3n) is 5.32. The second kappa shape index (κ2) is 8.54. The summed E-state index contributed by atoms with van der Waals surface area (Å²) in [6.07, 6.45) is 3.33. The first kappa shape index (κ1) is 23.4. The highest BCUT2D eigenvalue weighted by Gasteiger charge is 2.40. The summed E-state index contributed by atoms with van der Waals surface area (Å²) in [4.78, 5) is 17.1. The first-order valence-corrected chi connectivity index (χ1v) is 12.3. The standard InChI is InChI=1S/C22H22BrFN4O4S/c1-13-8-15(5-6-16(13)24)26-21(29)19-20-17(11-28(19)3)33(30,31)27-22(2,12-32-20)9-14-4-7-18(23)25-10-14/h4-8,10-11,27H,9,12H2,1-3H3,(H,26,29). The molecule has 0 fully saturated rings. The van der Waals surface area contributed by atoms with Gasteiger partial charge in [-0.2, -0.15) is 0 Å². The van der Waals surface area contributed by atoms with Gasteiger partial charge in [-0.3, -0.25) is 4.79 Å². The van der Waals surface area contributed by atoms with Gasteiger partial charge in [0.2, 0.25) is 10.0 Å². The SMILES string of the molecule is Cc1cc(NC(=O)c2c3c(cn2C)S(=O)(=O)NC(C)(Cc2ccc(Br)nc2)CO3)ccc1F. The van der Waals surface area contributed by atoms with Gasteiger partial charge in [-0.25, -0.2) is 22.5 Å². The van der Waals surface area contributed by atoms with Crippen LogP contribution in [-0.4, -0.2) is 36.0 Å². The first-order chi connectivity index (χ1) is 15.5. The molecule has 1 aromatic carbocycles. The van der Waals surface area contributed by atoms with Crippen molar-refractivity contribution in [3.8, 4) is 5.75 Å². The van der Waals surface area contributed by atoms with Crippen molar-refractivity contribution in [2.45, 2.75) is 30.7 Å². The fourth-order valence-corrected chi connectivity index (χ4v) is 5.59. The van der Waals surface area contributed by atoms with E-state index in [0.717, 1.165) is 5.56 Å². The number of rotatable bonds is 4. The van der Waals surface area contributed by atoms with Gasteiger partial charge in [0.25, 0.3) is 5.91 Å². The number of benzene rings is 1. The molecule has 0 saturated carbocycles. The third kappa shape index (κ3) is 4.80. The maximum absolute atomic E-state index is 13.6. The molecule has 2 N–H and O–H groups in total. The smallest absolute Gasteiger partial charge is 0.276 e. The molecule has 3 aromatic rings. The Morgan fingerprint density at radius 3 is 2.79 bits per heavy atom. The van der Waals surface area contributed by atoms with Crippen molar-refractivity contribution in [1.29, 1.82) is 0 Å². The molecule has 2 aromatic heterocycles. The van der Waals surface area contributed by atoms with Gasteiger partial charge in [0.05, 0.1) is 5.54 Å². The van der Waals surface area contributed by atoms with E-state index in [1.807, 2.05) is 6.07 Å². The largest absolute Gasteiger partial charge is 0.488 e. The van der Waals surface area contributed by atoms with Crippen LogP contribution < -0.4 is 14.8 Å². The molecule has 4 rings (SSSR count). The number of hydrogen-bond donors (Lipinski definition) is 2. The monoisotopic (exact) mass is 536 g/mol. The lowest BCUT2D eigenvalue weighted by molar-refractivity contribution is 0.101. The molecule has 1 amide bonds. The molecule has 0 aliphatic carbocycles. The van der Waals surface area contributed by atoms with E-state index in [0.29, 0.717) is 22.3 Å². The summed E-state index contributed by atoms with van der Waals surface area (Å²) in [7, 11) is -2.43. The third-order valence-corrected chi connectivity index (χ3v) is 7.42. The molecule has 0 spiro atoms. The number of halogens is 2. The zero-order valence-electron chi connectivity index (χ0n) is 18.1. The number of pyridine rings is 1. The summed E-state index contributed by atoms with van der Waals surface area (Å²) < 4.78 is 50.6. The van der Waals surface area contributed by atoms with Crippen LogP contribution in [0, 0.1) is 12.7 Å². The van der Waals surface area contributed by atoms with E-state index in [2.05, 4.69) is 31.0 Å². The number of carbonyl (C=O) groups excluding carboxylic acids is 1. The topological polar surface area (TPSA) is 102 Å².